The van der Waals surface area contributed by atoms with Crippen LogP contribution in [0.4, 0.5) is 30.7 Å². The third-order valence-corrected chi connectivity index (χ3v) is 6.72. The van der Waals surface area contributed by atoms with Crippen molar-refractivity contribution in [2.45, 2.75) is 70.8 Å². The summed E-state index contributed by atoms with van der Waals surface area (Å²) in [5.74, 6) is -14.2. The van der Waals surface area contributed by atoms with Crippen LogP contribution in [0.15, 0.2) is 42.5 Å². The standard InChI is InChI=1S/C29H27F7O/c1-3-5-6-8-18-10-9-17(15-22(18)30)16-37-23-14-13-21-20-12-11-19(7-4-2)26(31)24(20)28(33,34)29(35,36)25(21)27(23)32/h9-15H,3-8,16H2,1-2H3. The molecule has 0 amide bonds. The second kappa shape index (κ2) is 10.4. The Hall–Kier alpha value is -3.03. The van der Waals surface area contributed by atoms with Gasteiger partial charge in [-0.25, -0.2) is 13.2 Å². The smallest absolute Gasteiger partial charge is 0.343 e. The van der Waals surface area contributed by atoms with Crippen LogP contribution in [0.1, 0.15) is 67.3 Å². The number of unbranched alkanes of at least 4 members (excludes halogenated alkanes) is 2. The van der Waals surface area contributed by atoms with E-state index in [1.807, 2.05) is 6.92 Å². The van der Waals surface area contributed by atoms with Gasteiger partial charge in [-0.1, -0.05) is 57.4 Å². The number of aryl methyl sites for hydroxylation is 2. The molecule has 0 saturated heterocycles. The van der Waals surface area contributed by atoms with E-state index in [2.05, 4.69) is 0 Å². The molecule has 0 atom stereocenters. The van der Waals surface area contributed by atoms with Gasteiger partial charge in [0.25, 0.3) is 0 Å². The number of halogens is 7. The number of ether oxygens (including phenoxy) is 1. The Morgan fingerprint density at radius 2 is 1.30 bits per heavy atom. The second-order valence-electron chi connectivity index (χ2n) is 9.33. The maximum atomic E-state index is 15.3. The Bertz CT molecular complexity index is 1300. The van der Waals surface area contributed by atoms with Crippen LogP contribution in [0, 0.1) is 17.5 Å². The quantitative estimate of drug-likeness (QED) is 0.200. The lowest BCUT2D eigenvalue weighted by Crippen LogP contribution is -2.41. The van der Waals surface area contributed by atoms with Crippen LogP contribution in [0.3, 0.4) is 0 Å². The molecule has 0 fully saturated rings. The molecule has 1 aliphatic rings. The van der Waals surface area contributed by atoms with Crippen molar-refractivity contribution in [1.29, 1.82) is 0 Å². The van der Waals surface area contributed by atoms with Crippen LogP contribution in [0.2, 0.25) is 0 Å². The van der Waals surface area contributed by atoms with Gasteiger partial charge in [-0.15, -0.1) is 0 Å². The molecule has 0 radical (unpaired) electrons. The molecule has 0 aromatic heterocycles. The van der Waals surface area contributed by atoms with Gasteiger partial charge >= 0.3 is 11.8 Å². The lowest BCUT2D eigenvalue weighted by atomic mass is 9.79. The first kappa shape index (κ1) is 27.0. The summed E-state index contributed by atoms with van der Waals surface area (Å²) in [6, 6.07) is 8.81. The molecule has 0 unspecified atom stereocenters. The molecule has 0 aliphatic heterocycles. The Morgan fingerprint density at radius 3 is 1.92 bits per heavy atom. The number of hydrogen-bond acceptors (Lipinski definition) is 1. The molecule has 37 heavy (non-hydrogen) atoms. The second-order valence-corrected chi connectivity index (χ2v) is 9.33. The molecule has 1 nitrogen and oxygen atoms in total. The summed E-state index contributed by atoms with van der Waals surface area (Å²) < 4.78 is 110. The average Bonchev–Trinajstić information content (AvgIpc) is 2.84. The van der Waals surface area contributed by atoms with Crippen molar-refractivity contribution in [2.75, 3.05) is 0 Å². The van der Waals surface area contributed by atoms with Gasteiger partial charge in [0.15, 0.2) is 11.6 Å². The van der Waals surface area contributed by atoms with Crippen LogP contribution in [-0.2, 0) is 31.3 Å². The maximum Gasteiger partial charge on any atom is 0.343 e. The van der Waals surface area contributed by atoms with Crippen molar-refractivity contribution in [2.24, 2.45) is 0 Å². The van der Waals surface area contributed by atoms with Gasteiger partial charge in [-0.3, -0.25) is 0 Å². The molecular formula is C29H27F7O. The summed E-state index contributed by atoms with van der Waals surface area (Å²) in [5, 5.41) is 0. The van der Waals surface area contributed by atoms with Gasteiger partial charge in [0, 0.05) is 0 Å². The van der Waals surface area contributed by atoms with Gasteiger partial charge < -0.3 is 4.74 Å². The summed E-state index contributed by atoms with van der Waals surface area (Å²) in [6.45, 7) is 3.37. The number of rotatable bonds is 9. The average molecular weight is 525 g/mol. The highest BCUT2D eigenvalue weighted by molar-refractivity contribution is 5.77. The van der Waals surface area contributed by atoms with Crippen LogP contribution in [0.25, 0.3) is 11.1 Å². The first-order chi connectivity index (χ1) is 17.5. The monoisotopic (exact) mass is 524 g/mol. The van der Waals surface area contributed by atoms with Gasteiger partial charge in [-0.2, -0.15) is 17.6 Å². The summed E-state index contributed by atoms with van der Waals surface area (Å²) in [4.78, 5) is 0. The zero-order valence-electron chi connectivity index (χ0n) is 20.5. The minimum Gasteiger partial charge on any atom is -0.486 e. The van der Waals surface area contributed by atoms with Gasteiger partial charge in [0.2, 0.25) is 0 Å². The number of hydrogen-bond donors (Lipinski definition) is 0. The molecule has 3 aromatic carbocycles. The van der Waals surface area contributed by atoms with Crippen molar-refractivity contribution >= 4 is 0 Å². The van der Waals surface area contributed by atoms with E-state index in [1.54, 1.807) is 19.1 Å². The Labute approximate surface area is 211 Å². The number of fused-ring (bicyclic) bond motifs is 3. The van der Waals surface area contributed by atoms with Crippen molar-refractivity contribution in [1.82, 2.24) is 0 Å². The van der Waals surface area contributed by atoms with Crippen molar-refractivity contribution in [3.05, 3.63) is 87.7 Å². The molecular weight excluding hydrogens is 497 g/mol. The van der Waals surface area contributed by atoms with Gasteiger partial charge in [0.05, 0.1) is 11.1 Å². The first-order valence-corrected chi connectivity index (χ1v) is 12.3. The fraction of sp³-hybridized carbons (Fsp3) is 0.379. The van der Waals surface area contributed by atoms with E-state index in [1.165, 1.54) is 12.1 Å². The molecule has 198 valence electrons. The molecule has 0 N–H and O–H groups in total. The largest absolute Gasteiger partial charge is 0.486 e. The minimum atomic E-state index is -5.03. The van der Waals surface area contributed by atoms with Gasteiger partial charge in [0.1, 0.15) is 18.2 Å². The Balaban J connectivity index is 1.67. The van der Waals surface area contributed by atoms with E-state index < -0.39 is 57.3 Å². The fourth-order valence-electron chi connectivity index (χ4n) is 4.74. The van der Waals surface area contributed by atoms with Gasteiger partial charge in [-0.05, 0) is 65.3 Å². The van der Waals surface area contributed by atoms with Crippen LogP contribution < -0.4 is 4.74 Å². The summed E-state index contributed by atoms with van der Waals surface area (Å²) >= 11 is 0. The van der Waals surface area contributed by atoms with Crippen LogP contribution >= 0.6 is 0 Å². The topological polar surface area (TPSA) is 9.23 Å². The third-order valence-electron chi connectivity index (χ3n) is 6.72. The van der Waals surface area contributed by atoms with Crippen LogP contribution in [0.5, 0.6) is 5.75 Å². The molecule has 0 heterocycles. The molecule has 1 aliphatic carbocycles. The highest BCUT2D eigenvalue weighted by Gasteiger charge is 2.65. The van der Waals surface area contributed by atoms with E-state index >= 15 is 22.0 Å². The van der Waals surface area contributed by atoms with E-state index in [9.17, 15) is 8.78 Å². The number of benzene rings is 3. The normalized spacial score (nSPS) is 15.3. The molecule has 3 aromatic rings. The lowest BCUT2D eigenvalue weighted by Gasteiger charge is -2.35. The van der Waals surface area contributed by atoms with E-state index in [0.29, 0.717) is 24.0 Å². The van der Waals surface area contributed by atoms with E-state index in [4.69, 9.17) is 4.74 Å². The predicted octanol–water partition coefficient (Wildman–Crippen LogP) is 9.23. The fourth-order valence-corrected chi connectivity index (χ4v) is 4.74. The zero-order valence-corrected chi connectivity index (χ0v) is 20.5. The number of alkyl halides is 4. The molecule has 0 saturated carbocycles. The highest BCUT2D eigenvalue weighted by Crippen LogP contribution is 2.60. The summed E-state index contributed by atoms with van der Waals surface area (Å²) in [6.07, 6.45) is 3.86. The summed E-state index contributed by atoms with van der Waals surface area (Å²) in [5.41, 5.74) is -3.27. The van der Waals surface area contributed by atoms with Crippen molar-refractivity contribution in [3.8, 4) is 16.9 Å². The molecule has 8 heteroatoms. The first-order valence-electron chi connectivity index (χ1n) is 12.3. The molecule has 0 spiro atoms. The Kier molecular flexibility index (Phi) is 7.58. The van der Waals surface area contributed by atoms with Crippen molar-refractivity contribution < 1.29 is 35.5 Å². The highest BCUT2D eigenvalue weighted by atomic mass is 19.3. The molecule has 0 bridgehead atoms. The van der Waals surface area contributed by atoms with E-state index in [0.717, 1.165) is 37.5 Å². The molecule has 4 rings (SSSR count). The summed E-state index contributed by atoms with van der Waals surface area (Å²) in [7, 11) is 0. The van der Waals surface area contributed by atoms with Crippen LogP contribution in [-0.4, -0.2) is 0 Å². The minimum absolute atomic E-state index is 0.0923. The van der Waals surface area contributed by atoms with E-state index in [-0.39, 0.29) is 18.6 Å². The Morgan fingerprint density at radius 1 is 0.676 bits per heavy atom. The predicted molar refractivity (Wildman–Crippen MR) is 128 cm³/mol. The SMILES string of the molecule is CCCCCc1ccc(COc2ccc3c(c2F)C(F)(F)C(F)(F)c2c-3ccc(CCC)c2F)cc1F. The third kappa shape index (κ3) is 4.71. The lowest BCUT2D eigenvalue weighted by molar-refractivity contribution is -0.228. The zero-order chi connectivity index (χ0) is 27.0. The maximum absolute atomic E-state index is 15.3. The van der Waals surface area contributed by atoms with Crippen molar-refractivity contribution in [3.63, 3.8) is 0 Å².